The normalized spacial score (nSPS) is 15.3. The molecular weight excluding hydrogens is 244 g/mol. The zero-order valence-electron chi connectivity index (χ0n) is 9.82. The topological polar surface area (TPSA) is 58.4 Å². The van der Waals surface area contributed by atoms with Gasteiger partial charge in [0.25, 0.3) is 0 Å². The number of nitro groups is 1. The summed E-state index contributed by atoms with van der Waals surface area (Å²) >= 11 is 0. The minimum Gasteiger partial charge on any atom is -0.361 e. The summed E-state index contributed by atoms with van der Waals surface area (Å²) in [7, 11) is 0. The Morgan fingerprint density at radius 3 is 2.61 bits per heavy atom. The largest absolute Gasteiger partial charge is 0.361 e. The Labute approximate surface area is 103 Å². The zero-order chi connectivity index (χ0) is 13.3. The van der Waals surface area contributed by atoms with Crippen molar-refractivity contribution in [2.45, 2.75) is 13.0 Å². The van der Waals surface area contributed by atoms with E-state index in [2.05, 4.69) is 5.32 Å². The first kappa shape index (κ1) is 12.7. The number of rotatable bonds is 4. The highest BCUT2D eigenvalue weighted by Gasteiger charge is 2.31. The molecule has 1 aromatic rings. The van der Waals surface area contributed by atoms with Gasteiger partial charge in [0.05, 0.1) is 11.0 Å². The highest BCUT2D eigenvalue weighted by Crippen LogP contribution is 2.33. The van der Waals surface area contributed by atoms with Crippen molar-refractivity contribution in [2.24, 2.45) is 0 Å². The van der Waals surface area contributed by atoms with Crippen LogP contribution in [0.3, 0.4) is 0 Å². The first-order chi connectivity index (χ1) is 8.54. The number of likely N-dealkylation sites (N-methyl/N-ethyl adjacent to an activating group) is 1. The van der Waals surface area contributed by atoms with Gasteiger partial charge in [-0.3, -0.25) is 10.1 Å². The Hall–Kier alpha value is -1.76. The van der Waals surface area contributed by atoms with Crippen LogP contribution in [0.4, 0.5) is 20.2 Å². The van der Waals surface area contributed by atoms with Crippen LogP contribution >= 0.6 is 0 Å². The molecule has 0 spiro atoms. The lowest BCUT2D eigenvalue weighted by Crippen LogP contribution is -2.57. The van der Waals surface area contributed by atoms with E-state index < -0.39 is 22.2 Å². The molecule has 2 rings (SSSR count). The maximum Gasteiger partial charge on any atom is 0.328 e. The predicted octanol–water partition coefficient (Wildman–Crippen LogP) is 1.67. The number of nitrogens with one attached hydrogen (secondary N) is 1. The van der Waals surface area contributed by atoms with Crippen molar-refractivity contribution < 1.29 is 13.7 Å². The van der Waals surface area contributed by atoms with Gasteiger partial charge in [0.15, 0.2) is 0 Å². The van der Waals surface area contributed by atoms with Crippen molar-refractivity contribution in [3.63, 3.8) is 0 Å². The van der Waals surface area contributed by atoms with Gasteiger partial charge in [-0.05, 0) is 6.92 Å². The maximum absolute atomic E-state index is 13.5. The van der Waals surface area contributed by atoms with Crippen LogP contribution in [-0.4, -0.2) is 30.6 Å². The lowest BCUT2D eigenvalue weighted by atomic mass is 10.1. The minimum atomic E-state index is -1.14. The molecular formula is C11H13F2N3O2. The van der Waals surface area contributed by atoms with E-state index >= 15 is 0 Å². The van der Waals surface area contributed by atoms with Crippen LogP contribution in [0.2, 0.25) is 0 Å². The number of hydrogen-bond donors (Lipinski definition) is 1. The van der Waals surface area contributed by atoms with Crippen LogP contribution in [0, 0.1) is 21.7 Å². The number of anilines is 1. The number of benzene rings is 1. The molecule has 7 heteroatoms. The number of nitrogens with zero attached hydrogens (tertiary/aromatic N) is 2. The van der Waals surface area contributed by atoms with Crippen LogP contribution in [0.25, 0.3) is 0 Å². The third kappa shape index (κ3) is 2.13. The van der Waals surface area contributed by atoms with E-state index in [0.717, 1.165) is 6.07 Å². The van der Waals surface area contributed by atoms with Crippen molar-refractivity contribution >= 4 is 11.4 Å². The number of hydrogen-bond acceptors (Lipinski definition) is 4. The second kappa shape index (κ2) is 4.85. The second-order valence-corrected chi connectivity index (χ2v) is 4.11. The van der Waals surface area contributed by atoms with E-state index in [-0.39, 0.29) is 11.7 Å². The fourth-order valence-corrected chi connectivity index (χ4v) is 2.07. The van der Waals surface area contributed by atoms with Crippen LogP contribution in [-0.2, 0) is 0 Å². The first-order valence-electron chi connectivity index (χ1n) is 5.65. The van der Waals surface area contributed by atoms with E-state index in [0.29, 0.717) is 25.7 Å². The Morgan fingerprint density at radius 2 is 2.17 bits per heavy atom. The summed E-state index contributed by atoms with van der Waals surface area (Å²) in [6.07, 6.45) is 0. The van der Waals surface area contributed by atoms with E-state index in [9.17, 15) is 18.9 Å². The molecule has 0 saturated carbocycles. The minimum absolute atomic E-state index is 0.00602. The summed E-state index contributed by atoms with van der Waals surface area (Å²) in [6, 6.07) is 1.59. The van der Waals surface area contributed by atoms with Crippen LogP contribution in [0.15, 0.2) is 12.1 Å². The molecule has 0 atom stereocenters. The highest BCUT2D eigenvalue weighted by atomic mass is 19.1. The van der Waals surface area contributed by atoms with Gasteiger partial charge < -0.3 is 10.2 Å². The van der Waals surface area contributed by atoms with E-state index in [1.165, 1.54) is 0 Å². The maximum atomic E-state index is 13.5. The fraction of sp³-hybridized carbons (Fsp3) is 0.455. The highest BCUT2D eigenvalue weighted by molar-refractivity contribution is 5.65. The SMILES string of the molecule is CCN(c1cc(F)cc(F)c1[N+](=O)[O-])C1CNC1. The lowest BCUT2D eigenvalue weighted by molar-refractivity contribution is -0.386. The van der Waals surface area contributed by atoms with Crippen molar-refractivity contribution in [1.82, 2.24) is 5.32 Å². The molecule has 1 aromatic carbocycles. The average Bonchev–Trinajstić information content (AvgIpc) is 2.20. The van der Waals surface area contributed by atoms with Gasteiger partial charge in [-0.2, -0.15) is 4.39 Å². The lowest BCUT2D eigenvalue weighted by Gasteiger charge is -2.38. The smallest absolute Gasteiger partial charge is 0.328 e. The van der Waals surface area contributed by atoms with E-state index in [1.807, 2.05) is 0 Å². The number of nitro benzene ring substituents is 1. The molecule has 1 aliphatic rings. The van der Waals surface area contributed by atoms with Gasteiger partial charge >= 0.3 is 5.69 Å². The van der Waals surface area contributed by atoms with Crippen molar-refractivity contribution in [3.8, 4) is 0 Å². The van der Waals surface area contributed by atoms with Gasteiger partial charge in [-0.15, -0.1) is 0 Å². The molecule has 0 unspecified atom stereocenters. The average molecular weight is 257 g/mol. The van der Waals surface area contributed by atoms with Crippen molar-refractivity contribution in [3.05, 3.63) is 33.9 Å². The molecule has 0 amide bonds. The molecule has 5 nitrogen and oxygen atoms in total. The van der Waals surface area contributed by atoms with Gasteiger partial charge in [-0.25, -0.2) is 4.39 Å². The van der Waals surface area contributed by atoms with Crippen LogP contribution in [0.5, 0.6) is 0 Å². The molecule has 0 bridgehead atoms. The van der Waals surface area contributed by atoms with E-state index in [4.69, 9.17) is 0 Å². The summed E-state index contributed by atoms with van der Waals surface area (Å²) in [5, 5.41) is 13.9. The predicted molar refractivity (Wildman–Crippen MR) is 62.7 cm³/mol. The number of halogens is 2. The Kier molecular flexibility index (Phi) is 3.42. The van der Waals surface area contributed by atoms with Crippen LogP contribution < -0.4 is 10.2 Å². The summed E-state index contributed by atoms with van der Waals surface area (Å²) in [4.78, 5) is 11.8. The van der Waals surface area contributed by atoms with Gasteiger partial charge in [0.2, 0.25) is 5.82 Å². The molecule has 1 heterocycles. The summed E-state index contributed by atoms with van der Waals surface area (Å²) < 4.78 is 26.8. The molecule has 1 N–H and O–H groups in total. The Morgan fingerprint density at radius 1 is 1.50 bits per heavy atom. The zero-order valence-corrected chi connectivity index (χ0v) is 9.82. The molecule has 0 radical (unpaired) electrons. The Bertz CT molecular complexity index is 478. The third-order valence-electron chi connectivity index (χ3n) is 3.04. The van der Waals surface area contributed by atoms with Gasteiger partial charge in [0.1, 0.15) is 11.5 Å². The molecule has 98 valence electrons. The standard InChI is InChI=1S/C11H13F2N3O2/c1-2-15(8-5-14-6-8)10-4-7(12)3-9(13)11(10)16(17)18/h3-4,8,14H,2,5-6H2,1H3. The van der Waals surface area contributed by atoms with Crippen molar-refractivity contribution in [2.75, 3.05) is 24.5 Å². The van der Waals surface area contributed by atoms with Gasteiger partial charge in [0, 0.05) is 31.8 Å². The van der Waals surface area contributed by atoms with Crippen LogP contribution in [0.1, 0.15) is 6.92 Å². The molecule has 1 aliphatic heterocycles. The van der Waals surface area contributed by atoms with Gasteiger partial charge in [-0.1, -0.05) is 0 Å². The summed E-state index contributed by atoms with van der Waals surface area (Å²) in [5.41, 5.74) is -0.656. The van der Waals surface area contributed by atoms with Crippen molar-refractivity contribution in [1.29, 1.82) is 0 Å². The quantitative estimate of drug-likeness (QED) is 0.658. The first-order valence-corrected chi connectivity index (χ1v) is 5.65. The molecule has 0 aliphatic carbocycles. The summed E-state index contributed by atoms with van der Waals surface area (Å²) in [5.74, 6) is -1.94. The fourth-order valence-electron chi connectivity index (χ4n) is 2.07. The molecule has 18 heavy (non-hydrogen) atoms. The molecule has 1 saturated heterocycles. The Balaban J connectivity index is 2.49. The monoisotopic (exact) mass is 257 g/mol. The molecule has 0 aromatic heterocycles. The third-order valence-corrected chi connectivity index (χ3v) is 3.04. The second-order valence-electron chi connectivity index (χ2n) is 4.11. The molecule has 1 fully saturated rings. The summed E-state index contributed by atoms with van der Waals surface area (Å²) in [6.45, 7) is 3.56. The van der Waals surface area contributed by atoms with E-state index in [1.54, 1.807) is 11.8 Å².